The Bertz CT molecular complexity index is 424. The molecule has 0 spiro atoms. The molecule has 1 amide bonds. The van der Waals surface area contributed by atoms with Crippen LogP contribution in [0.15, 0.2) is 5.51 Å². The van der Waals surface area contributed by atoms with Gasteiger partial charge in [0.05, 0.1) is 5.51 Å². The molecular formula is C11H13F3N2OS. The fourth-order valence-electron chi connectivity index (χ4n) is 2.11. The number of aromatic nitrogens is 1. The highest BCUT2D eigenvalue weighted by Crippen LogP contribution is 2.32. The summed E-state index contributed by atoms with van der Waals surface area (Å²) in [4.78, 5) is 14.7. The van der Waals surface area contributed by atoms with Crippen LogP contribution in [0.25, 0.3) is 0 Å². The summed E-state index contributed by atoms with van der Waals surface area (Å²) in [6.07, 6.45) is 0.261. The molecule has 0 atom stereocenters. The zero-order valence-corrected chi connectivity index (χ0v) is 10.4. The largest absolute Gasteiger partial charge is 0.434 e. The topological polar surface area (TPSA) is 42.0 Å². The molecule has 1 heterocycles. The van der Waals surface area contributed by atoms with Crippen molar-refractivity contribution in [2.75, 3.05) is 0 Å². The van der Waals surface area contributed by atoms with Crippen LogP contribution in [0.1, 0.15) is 47.5 Å². The van der Waals surface area contributed by atoms with Crippen LogP contribution in [-0.4, -0.2) is 16.9 Å². The Kier molecular flexibility index (Phi) is 3.89. The predicted octanol–water partition coefficient (Wildman–Crippen LogP) is 3.22. The molecule has 18 heavy (non-hydrogen) atoms. The second-order valence-electron chi connectivity index (χ2n) is 4.34. The number of hydrogen-bond donors (Lipinski definition) is 1. The number of nitrogens with zero attached hydrogens (tertiary/aromatic N) is 1. The maximum Gasteiger partial charge on any atom is 0.434 e. The number of hydrogen-bond acceptors (Lipinski definition) is 3. The lowest BCUT2D eigenvalue weighted by atomic mass is 9.95. The Morgan fingerprint density at radius 1 is 1.33 bits per heavy atom. The summed E-state index contributed by atoms with van der Waals surface area (Å²) >= 11 is 0.730. The molecule has 1 aliphatic carbocycles. The molecule has 1 saturated carbocycles. The Balaban J connectivity index is 2.07. The van der Waals surface area contributed by atoms with E-state index in [1.165, 1.54) is 0 Å². The normalized spacial score (nSPS) is 17.7. The summed E-state index contributed by atoms with van der Waals surface area (Å²) in [6, 6.07) is -0.00515. The van der Waals surface area contributed by atoms with Crippen LogP contribution in [0.2, 0.25) is 0 Å². The molecule has 1 aliphatic rings. The summed E-state index contributed by atoms with van der Waals surface area (Å²) in [6.45, 7) is 0. The van der Waals surface area contributed by atoms with E-state index in [0.29, 0.717) is 0 Å². The van der Waals surface area contributed by atoms with Gasteiger partial charge in [0.25, 0.3) is 5.91 Å². The van der Waals surface area contributed by atoms with Gasteiger partial charge in [0.2, 0.25) is 0 Å². The molecule has 0 radical (unpaired) electrons. The second-order valence-corrected chi connectivity index (χ2v) is 5.19. The second kappa shape index (κ2) is 5.26. The highest BCUT2D eigenvalue weighted by Gasteiger charge is 2.38. The minimum atomic E-state index is -4.57. The highest BCUT2D eigenvalue weighted by molar-refractivity contribution is 7.11. The lowest BCUT2D eigenvalue weighted by Gasteiger charge is -2.22. The van der Waals surface area contributed by atoms with Gasteiger partial charge in [0.15, 0.2) is 5.69 Å². The van der Waals surface area contributed by atoms with Gasteiger partial charge in [-0.05, 0) is 12.8 Å². The van der Waals surface area contributed by atoms with Crippen molar-refractivity contribution < 1.29 is 18.0 Å². The number of carbonyl (C=O) groups excluding carboxylic acids is 1. The molecule has 100 valence electrons. The highest BCUT2D eigenvalue weighted by atomic mass is 32.1. The molecule has 0 saturated heterocycles. The van der Waals surface area contributed by atoms with Gasteiger partial charge in [-0.25, -0.2) is 4.98 Å². The number of carbonyl (C=O) groups is 1. The van der Waals surface area contributed by atoms with E-state index in [1.807, 2.05) is 0 Å². The Morgan fingerprint density at radius 2 is 2.00 bits per heavy atom. The van der Waals surface area contributed by atoms with Crippen molar-refractivity contribution in [1.29, 1.82) is 0 Å². The van der Waals surface area contributed by atoms with E-state index in [-0.39, 0.29) is 10.9 Å². The Morgan fingerprint density at radius 3 is 2.61 bits per heavy atom. The van der Waals surface area contributed by atoms with E-state index in [0.717, 1.165) is 49.0 Å². The third-order valence-corrected chi connectivity index (χ3v) is 3.81. The zero-order chi connectivity index (χ0) is 13.2. The van der Waals surface area contributed by atoms with Crippen LogP contribution in [-0.2, 0) is 6.18 Å². The molecule has 1 aromatic heterocycles. The monoisotopic (exact) mass is 278 g/mol. The van der Waals surface area contributed by atoms with Crippen LogP contribution in [0.3, 0.4) is 0 Å². The van der Waals surface area contributed by atoms with E-state index in [2.05, 4.69) is 10.3 Å². The van der Waals surface area contributed by atoms with Gasteiger partial charge in [-0.3, -0.25) is 4.79 Å². The fraction of sp³-hybridized carbons (Fsp3) is 0.636. The smallest absolute Gasteiger partial charge is 0.349 e. The minimum absolute atomic E-state index is 0.00515. The molecule has 3 nitrogen and oxygen atoms in total. The summed E-state index contributed by atoms with van der Waals surface area (Å²) in [5, 5.41) is 2.67. The van der Waals surface area contributed by atoms with Gasteiger partial charge in [-0.1, -0.05) is 19.3 Å². The SMILES string of the molecule is O=C(NC1CCCCC1)c1scnc1C(F)(F)F. The van der Waals surface area contributed by atoms with Crippen molar-refractivity contribution in [1.82, 2.24) is 10.3 Å². The van der Waals surface area contributed by atoms with Gasteiger partial charge < -0.3 is 5.32 Å². The number of thiazole rings is 1. The summed E-state index contributed by atoms with van der Waals surface area (Å²) in [5.41, 5.74) is -0.0284. The molecule has 0 bridgehead atoms. The Labute approximate surface area is 106 Å². The van der Waals surface area contributed by atoms with E-state index < -0.39 is 17.8 Å². The average Bonchev–Trinajstić information content (AvgIpc) is 2.79. The van der Waals surface area contributed by atoms with E-state index >= 15 is 0 Å². The van der Waals surface area contributed by atoms with Crippen LogP contribution in [0.4, 0.5) is 13.2 Å². The first-order valence-corrected chi connectivity index (χ1v) is 6.68. The van der Waals surface area contributed by atoms with Crippen LogP contribution in [0.5, 0.6) is 0 Å². The minimum Gasteiger partial charge on any atom is -0.349 e. The van der Waals surface area contributed by atoms with Gasteiger partial charge in [-0.15, -0.1) is 11.3 Å². The Hall–Kier alpha value is -1.11. The lowest BCUT2D eigenvalue weighted by molar-refractivity contribution is -0.141. The van der Waals surface area contributed by atoms with Gasteiger partial charge in [-0.2, -0.15) is 13.2 Å². The van der Waals surface area contributed by atoms with E-state index in [4.69, 9.17) is 0 Å². The zero-order valence-electron chi connectivity index (χ0n) is 9.59. The first-order chi connectivity index (χ1) is 8.48. The van der Waals surface area contributed by atoms with Gasteiger partial charge in [0, 0.05) is 6.04 Å². The first-order valence-electron chi connectivity index (χ1n) is 5.80. The first kappa shape index (κ1) is 13.3. The quantitative estimate of drug-likeness (QED) is 0.902. The van der Waals surface area contributed by atoms with Crippen molar-refractivity contribution in [3.05, 3.63) is 16.1 Å². The molecule has 0 aliphatic heterocycles. The van der Waals surface area contributed by atoms with Crippen molar-refractivity contribution in [2.45, 2.75) is 44.3 Å². The molecule has 1 fully saturated rings. The van der Waals surface area contributed by atoms with Crippen molar-refractivity contribution in [2.24, 2.45) is 0 Å². The molecule has 1 N–H and O–H groups in total. The number of nitrogens with one attached hydrogen (secondary N) is 1. The fourth-order valence-corrected chi connectivity index (χ4v) is 2.82. The lowest BCUT2D eigenvalue weighted by Crippen LogP contribution is -2.36. The van der Waals surface area contributed by atoms with E-state index in [1.54, 1.807) is 0 Å². The number of rotatable bonds is 2. The van der Waals surface area contributed by atoms with Crippen LogP contribution in [0, 0.1) is 0 Å². The van der Waals surface area contributed by atoms with Crippen LogP contribution < -0.4 is 5.32 Å². The standard InChI is InChI=1S/C11H13F3N2OS/c12-11(13,14)9-8(18-6-15-9)10(17)16-7-4-2-1-3-5-7/h6-7H,1-5H2,(H,16,17). The number of halogens is 3. The molecule has 0 unspecified atom stereocenters. The third kappa shape index (κ3) is 3.01. The van der Waals surface area contributed by atoms with Crippen molar-refractivity contribution in [3.8, 4) is 0 Å². The predicted molar refractivity (Wildman–Crippen MR) is 61.5 cm³/mol. The number of alkyl halides is 3. The maximum absolute atomic E-state index is 12.6. The summed E-state index contributed by atoms with van der Waals surface area (Å²) < 4.78 is 37.8. The molecular weight excluding hydrogens is 265 g/mol. The van der Waals surface area contributed by atoms with Crippen molar-refractivity contribution in [3.63, 3.8) is 0 Å². The number of amides is 1. The molecule has 2 rings (SSSR count). The summed E-state index contributed by atoms with van der Waals surface area (Å²) in [5.74, 6) is -0.656. The van der Waals surface area contributed by atoms with Gasteiger partial charge >= 0.3 is 6.18 Å². The van der Waals surface area contributed by atoms with Crippen LogP contribution >= 0.6 is 11.3 Å². The van der Waals surface area contributed by atoms with Crippen molar-refractivity contribution >= 4 is 17.2 Å². The van der Waals surface area contributed by atoms with Gasteiger partial charge in [0.1, 0.15) is 4.88 Å². The van der Waals surface area contributed by atoms with E-state index in [9.17, 15) is 18.0 Å². The third-order valence-electron chi connectivity index (χ3n) is 2.98. The molecule has 7 heteroatoms. The molecule has 0 aromatic carbocycles. The molecule has 1 aromatic rings. The summed E-state index contributed by atoms with van der Waals surface area (Å²) in [7, 11) is 0. The average molecular weight is 278 g/mol. The maximum atomic E-state index is 12.6.